The quantitative estimate of drug-likeness (QED) is 0.647. The summed E-state index contributed by atoms with van der Waals surface area (Å²) in [5.41, 5.74) is 1.63. The molecule has 9 heteroatoms. The van der Waals surface area contributed by atoms with Crippen molar-refractivity contribution >= 4 is 50.4 Å². The second-order valence-electron chi connectivity index (χ2n) is 6.04. The molecule has 1 aromatic carbocycles. The van der Waals surface area contributed by atoms with Crippen LogP contribution in [0.25, 0.3) is 11.2 Å². The van der Waals surface area contributed by atoms with Gasteiger partial charge in [0.25, 0.3) is 0 Å². The minimum Gasteiger partial charge on any atom is -0.326 e. The molecule has 140 valence electrons. The summed E-state index contributed by atoms with van der Waals surface area (Å²) in [6.45, 7) is 0. The van der Waals surface area contributed by atoms with Crippen molar-refractivity contribution in [1.29, 1.82) is 0 Å². The van der Waals surface area contributed by atoms with Crippen LogP contribution in [0.2, 0.25) is 0 Å². The Bertz CT molecular complexity index is 1070. The Morgan fingerprint density at radius 3 is 2.26 bits per heavy atom. The van der Waals surface area contributed by atoms with Crippen molar-refractivity contribution in [3.63, 3.8) is 0 Å². The first-order chi connectivity index (χ1) is 12.8. The summed E-state index contributed by atoms with van der Waals surface area (Å²) in [6, 6.07) is 10.5. The molecule has 3 aromatic rings. The van der Waals surface area contributed by atoms with Gasteiger partial charge in [-0.3, -0.25) is 18.7 Å². The molecule has 0 saturated carbocycles. The number of carbonyl (C=O) groups is 2. The van der Waals surface area contributed by atoms with Crippen LogP contribution in [-0.4, -0.2) is 25.9 Å². The van der Waals surface area contributed by atoms with Gasteiger partial charge in [0.05, 0.1) is 5.52 Å². The number of carbonyl (C=O) groups excluding carboxylic acids is 2. The Balaban J connectivity index is 1.58. The smallest absolute Gasteiger partial charge is 0.326 e. The molecule has 0 bridgehead atoms. The largest absolute Gasteiger partial charge is 0.329 e. The molecular weight excluding hydrogens is 414 g/mol. The first-order valence-corrected chi connectivity index (χ1v) is 9.02. The molecule has 0 aliphatic rings. The van der Waals surface area contributed by atoms with Crippen molar-refractivity contribution in [1.82, 2.24) is 14.1 Å². The number of anilines is 2. The van der Waals surface area contributed by atoms with Crippen LogP contribution in [0.1, 0.15) is 12.8 Å². The molecule has 2 N–H and O–H groups in total. The number of hydrogen-bond donors (Lipinski definition) is 2. The minimum absolute atomic E-state index is 0.0236. The standard InChI is InChI=1S/C18H18BrN5O3/c1-23-13-7-8-14(22-17(13)24(2)18(23)27)21-16(26)10-9-15(25)20-12-5-3-11(19)4-6-12/h3-8H,9-10H2,1-2H3,(H,20,25)(H,21,22,26). The van der Waals surface area contributed by atoms with E-state index in [0.717, 1.165) is 4.47 Å². The van der Waals surface area contributed by atoms with Crippen molar-refractivity contribution in [2.24, 2.45) is 14.1 Å². The predicted octanol–water partition coefficient (Wildman–Crippen LogP) is 2.39. The lowest BCUT2D eigenvalue weighted by atomic mass is 10.2. The highest BCUT2D eigenvalue weighted by atomic mass is 79.9. The zero-order valence-electron chi connectivity index (χ0n) is 14.8. The van der Waals surface area contributed by atoms with Crippen LogP contribution in [0.3, 0.4) is 0 Å². The summed E-state index contributed by atoms with van der Waals surface area (Å²) in [7, 11) is 3.28. The summed E-state index contributed by atoms with van der Waals surface area (Å²) in [5, 5.41) is 5.39. The Morgan fingerprint density at radius 1 is 0.963 bits per heavy atom. The van der Waals surface area contributed by atoms with Crippen molar-refractivity contribution in [3.05, 3.63) is 51.4 Å². The molecule has 0 spiro atoms. The van der Waals surface area contributed by atoms with Gasteiger partial charge in [-0.25, -0.2) is 9.78 Å². The Hall–Kier alpha value is -2.94. The third-order valence-corrected chi connectivity index (χ3v) is 4.61. The van der Waals surface area contributed by atoms with E-state index in [0.29, 0.717) is 22.7 Å². The monoisotopic (exact) mass is 431 g/mol. The van der Waals surface area contributed by atoms with Crippen LogP contribution in [-0.2, 0) is 23.7 Å². The molecule has 2 heterocycles. The predicted molar refractivity (Wildman–Crippen MR) is 107 cm³/mol. The number of amides is 2. The number of rotatable bonds is 5. The van der Waals surface area contributed by atoms with Crippen LogP contribution >= 0.6 is 15.9 Å². The summed E-state index contributed by atoms with van der Waals surface area (Å²) < 4.78 is 3.82. The topological polar surface area (TPSA) is 98.0 Å². The number of aromatic nitrogens is 3. The maximum Gasteiger partial charge on any atom is 0.329 e. The molecular formula is C18H18BrN5O3. The molecule has 0 aliphatic heterocycles. The molecule has 0 fully saturated rings. The van der Waals surface area contributed by atoms with Gasteiger partial charge in [-0.15, -0.1) is 0 Å². The maximum absolute atomic E-state index is 12.1. The number of nitrogens with zero attached hydrogens (tertiary/aromatic N) is 3. The average molecular weight is 432 g/mol. The number of imidazole rings is 1. The molecule has 3 rings (SSSR count). The second-order valence-corrected chi connectivity index (χ2v) is 6.96. The zero-order chi connectivity index (χ0) is 19.6. The molecule has 0 unspecified atom stereocenters. The van der Waals surface area contributed by atoms with Gasteiger partial charge < -0.3 is 10.6 Å². The zero-order valence-corrected chi connectivity index (χ0v) is 16.4. The molecule has 0 saturated heterocycles. The summed E-state index contributed by atoms with van der Waals surface area (Å²) in [4.78, 5) is 40.3. The normalized spacial score (nSPS) is 10.8. The van der Waals surface area contributed by atoms with Crippen LogP contribution < -0.4 is 16.3 Å². The minimum atomic E-state index is -0.325. The molecule has 27 heavy (non-hydrogen) atoms. The Morgan fingerprint density at radius 2 is 1.59 bits per heavy atom. The lowest BCUT2D eigenvalue weighted by molar-refractivity contribution is -0.121. The van der Waals surface area contributed by atoms with E-state index in [1.807, 2.05) is 12.1 Å². The highest BCUT2D eigenvalue weighted by Gasteiger charge is 2.12. The first kappa shape index (κ1) is 18.8. The SMILES string of the molecule is Cn1c(=O)n(C)c2nc(NC(=O)CCC(=O)Nc3ccc(Br)cc3)ccc21. The van der Waals surface area contributed by atoms with Gasteiger partial charge in [-0.05, 0) is 36.4 Å². The summed E-state index contributed by atoms with van der Waals surface area (Å²) in [6.07, 6.45) is 0.0732. The van der Waals surface area contributed by atoms with E-state index in [-0.39, 0.29) is 30.3 Å². The van der Waals surface area contributed by atoms with Crippen molar-refractivity contribution in [2.45, 2.75) is 12.8 Å². The number of hydrogen-bond acceptors (Lipinski definition) is 4. The molecule has 2 amide bonds. The molecule has 8 nitrogen and oxygen atoms in total. The lowest BCUT2D eigenvalue weighted by Crippen LogP contribution is -2.19. The van der Waals surface area contributed by atoms with Crippen molar-refractivity contribution in [2.75, 3.05) is 10.6 Å². The van der Waals surface area contributed by atoms with Gasteiger partial charge in [-0.1, -0.05) is 15.9 Å². The van der Waals surface area contributed by atoms with E-state index in [4.69, 9.17) is 0 Å². The number of fused-ring (bicyclic) bond motifs is 1. The van der Waals surface area contributed by atoms with Gasteiger partial charge in [-0.2, -0.15) is 0 Å². The third kappa shape index (κ3) is 4.25. The van der Waals surface area contributed by atoms with Gasteiger partial charge >= 0.3 is 5.69 Å². The number of pyridine rings is 1. The van der Waals surface area contributed by atoms with E-state index in [9.17, 15) is 14.4 Å². The van der Waals surface area contributed by atoms with E-state index in [2.05, 4.69) is 31.5 Å². The van der Waals surface area contributed by atoms with Crippen LogP contribution in [0.15, 0.2) is 45.7 Å². The maximum atomic E-state index is 12.1. The Labute approximate surface area is 163 Å². The van der Waals surface area contributed by atoms with Gasteiger partial charge in [0.1, 0.15) is 5.82 Å². The van der Waals surface area contributed by atoms with Crippen molar-refractivity contribution < 1.29 is 9.59 Å². The molecule has 0 radical (unpaired) electrons. The second kappa shape index (κ2) is 7.75. The number of aryl methyl sites for hydroxylation is 2. The van der Waals surface area contributed by atoms with Crippen LogP contribution in [0.5, 0.6) is 0 Å². The van der Waals surface area contributed by atoms with E-state index in [1.54, 1.807) is 38.4 Å². The van der Waals surface area contributed by atoms with E-state index >= 15 is 0 Å². The van der Waals surface area contributed by atoms with Gasteiger partial charge in [0.2, 0.25) is 11.8 Å². The molecule has 0 atom stereocenters. The van der Waals surface area contributed by atoms with Crippen LogP contribution in [0, 0.1) is 0 Å². The first-order valence-electron chi connectivity index (χ1n) is 8.23. The van der Waals surface area contributed by atoms with Crippen LogP contribution in [0.4, 0.5) is 11.5 Å². The van der Waals surface area contributed by atoms with Gasteiger partial charge in [0, 0.05) is 37.1 Å². The van der Waals surface area contributed by atoms with E-state index in [1.165, 1.54) is 9.13 Å². The third-order valence-electron chi connectivity index (χ3n) is 4.08. The highest BCUT2D eigenvalue weighted by molar-refractivity contribution is 9.10. The lowest BCUT2D eigenvalue weighted by Gasteiger charge is -2.07. The molecule has 2 aromatic heterocycles. The summed E-state index contributed by atoms with van der Waals surface area (Å²) in [5.74, 6) is -0.239. The van der Waals surface area contributed by atoms with E-state index < -0.39 is 0 Å². The highest BCUT2D eigenvalue weighted by Crippen LogP contribution is 2.15. The fourth-order valence-corrected chi connectivity index (χ4v) is 2.89. The Kier molecular flexibility index (Phi) is 5.41. The number of halogens is 1. The molecule has 0 aliphatic carbocycles. The number of nitrogens with one attached hydrogen (secondary N) is 2. The fourth-order valence-electron chi connectivity index (χ4n) is 2.63. The number of benzene rings is 1. The van der Waals surface area contributed by atoms with Gasteiger partial charge in [0.15, 0.2) is 5.65 Å². The summed E-state index contributed by atoms with van der Waals surface area (Å²) >= 11 is 3.33. The average Bonchev–Trinajstić information content (AvgIpc) is 2.86. The fraction of sp³-hybridized carbons (Fsp3) is 0.222. The van der Waals surface area contributed by atoms with Crippen molar-refractivity contribution in [3.8, 4) is 0 Å².